The van der Waals surface area contributed by atoms with E-state index in [4.69, 9.17) is 11.6 Å². The Morgan fingerprint density at radius 2 is 1.71 bits per heavy atom. The van der Waals surface area contributed by atoms with Crippen LogP contribution in [0.4, 0.5) is 8.78 Å². The largest absolute Gasteiger partial charge is 0.392 e. The lowest BCUT2D eigenvalue weighted by molar-refractivity contribution is 0.0245. The number of hydrogen-bond acceptors (Lipinski definition) is 3. The summed E-state index contributed by atoms with van der Waals surface area (Å²) in [6.45, 7) is 5.33. The van der Waals surface area contributed by atoms with Crippen LogP contribution < -0.4 is 0 Å². The van der Waals surface area contributed by atoms with Gasteiger partial charge in [-0.05, 0) is 98.7 Å². The lowest BCUT2D eigenvalue weighted by Gasteiger charge is -2.41. The standard InChI is InChI=1S/C29H33ClF2N2O/c30-24-3-4-27-23(18-24)5-8-29(27)9-14-34(15-10-29)20-28(35)22-6-12-33(13-7-22)11-1-2-21-16-25(31)19-26(32)17-21/h1-5,8,16-19,22,28,35H,6-7,9-15,20H2. The van der Waals surface area contributed by atoms with Gasteiger partial charge in [-0.1, -0.05) is 42.0 Å². The van der Waals surface area contributed by atoms with Crippen LogP contribution in [-0.2, 0) is 5.41 Å². The monoisotopic (exact) mass is 498 g/mol. The number of allylic oxidation sites excluding steroid dienone is 1. The molecule has 1 unspecified atom stereocenters. The summed E-state index contributed by atoms with van der Waals surface area (Å²) in [5.74, 6) is -0.798. The summed E-state index contributed by atoms with van der Waals surface area (Å²) >= 11 is 6.17. The third kappa shape index (κ3) is 5.69. The zero-order chi connectivity index (χ0) is 24.4. The van der Waals surface area contributed by atoms with Crippen LogP contribution in [0.25, 0.3) is 12.2 Å². The van der Waals surface area contributed by atoms with Crippen LogP contribution in [0.5, 0.6) is 0 Å². The molecule has 1 aliphatic carbocycles. The first-order valence-corrected chi connectivity index (χ1v) is 13.0. The van der Waals surface area contributed by atoms with Crippen molar-refractivity contribution < 1.29 is 13.9 Å². The SMILES string of the molecule is OC(CN1CCC2(C=Cc3cc(Cl)ccc32)CC1)C1CCN(CC=Cc2cc(F)cc(F)c2)CC1. The van der Waals surface area contributed by atoms with Gasteiger partial charge < -0.3 is 10.0 Å². The first-order valence-electron chi connectivity index (χ1n) is 12.6. The minimum atomic E-state index is -0.558. The number of piperidine rings is 2. The van der Waals surface area contributed by atoms with E-state index in [-0.39, 0.29) is 11.5 Å². The van der Waals surface area contributed by atoms with Crippen molar-refractivity contribution in [1.29, 1.82) is 0 Å². The van der Waals surface area contributed by atoms with Crippen molar-refractivity contribution in [3.8, 4) is 0 Å². The summed E-state index contributed by atoms with van der Waals surface area (Å²) in [5.41, 5.74) is 3.30. The van der Waals surface area contributed by atoms with Crippen molar-refractivity contribution in [3.63, 3.8) is 0 Å². The van der Waals surface area contributed by atoms with Crippen molar-refractivity contribution >= 4 is 23.8 Å². The molecule has 2 aromatic rings. The molecule has 0 amide bonds. The van der Waals surface area contributed by atoms with Gasteiger partial charge in [-0.15, -0.1) is 0 Å². The van der Waals surface area contributed by atoms with Gasteiger partial charge in [-0.2, -0.15) is 0 Å². The average Bonchev–Trinajstić information content (AvgIpc) is 3.17. The van der Waals surface area contributed by atoms with Gasteiger partial charge in [0.2, 0.25) is 0 Å². The molecule has 2 saturated heterocycles. The van der Waals surface area contributed by atoms with Crippen LogP contribution >= 0.6 is 11.6 Å². The first kappa shape index (κ1) is 24.6. The van der Waals surface area contributed by atoms with Crippen LogP contribution in [0.3, 0.4) is 0 Å². The Morgan fingerprint density at radius 1 is 1.00 bits per heavy atom. The quantitative estimate of drug-likeness (QED) is 0.548. The van der Waals surface area contributed by atoms with Gasteiger partial charge in [-0.3, -0.25) is 4.90 Å². The second kappa shape index (κ2) is 10.5. The van der Waals surface area contributed by atoms with E-state index in [1.807, 2.05) is 12.1 Å². The predicted octanol–water partition coefficient (Wildman–Crippen LogP) is 5.76. The molecule has 6 heteroatoms. The number of fused-ring (bicyclic) bond motifs is 2. The molecule has 0 saturated carbocycles. The van der Waals surface area contributed by atoms with E-state index < -0.39 is 11.6 Å². The molecule has 3 nitrogen and oxygen atoms in total. The molecule has 186 valence electrons. The van der Waals surface area contributed by atoms with E-state index in [2.05, 4.69) is 34.1 Å². The molecule has 3 aliphatic rings. The van der Waals surface area contributed by atoms with E-state index in [0.717, 1.165) is 76.0 Å². The molecule has 2 aromatic carbocycles. The lowest BCUT2D eigenvalue weighted by atomic mass is 9.74. The summed E-state index contributed by atoms with van der Waals surface area (Å²) < 4.78 is 26.7. The number of benzene rings is 2. The minimum absolute atomic E-state index is 0.123. The van der Waals surface area contributed by atoms with Gasteiger partial charge in [0.25, 0.3) is 0 Å². The van der Waals surface area contributed by atoms with Crippen molar-refractivity contribution in [3.05, 3.63) is 81.9 Å². The van der Waals surface area contributed by atoms with Gasteiger partial charge in [0.1, 0.15) is 11.6 Å². The fourth-order valence-corrected chi connectivity index (χ4v) is 6.16. The van der Waals surface area contributed by atoms with Gasteiger partial charge in [0.05, 0.1) is 6.10 Å². The fraction of sp³-hybridized carbons (Fsp3) is 0.448. The Balaban J connectivity index is 1.06. The van der Waals surface area contributed by atoms with Crippen LogP contribution in [0.2, 0.25) is 5.02 Å². The third-order valence-corrected chi connectivity index (χ3v) is 8.30. The Hall–Kier alpha value is -2.05. The summed E-state index contributed by atoms with van der Waals surface area (Å²) in [6.07, 6.45) is 12.1. The predicted molar refractivity (Wildman–Crippen MR) is 138 cm³/mol. The number of halogens is 3. The molecule has 1 atom stereocenters. The molecule has 1 N–H and O–H groups in total. The van der Waals surface area contributed by atoms with Crippen molar-refractivity contribution in [1.82, 2.24) is 9.80 Å². The fourth-order valence-electron chi connectivity index (χ4n) is 5.98. The highest BCUT2D eigenvalue weighted by atomic mass is 35.5. The topological polar surface area (TPSA) is 26.7 Å². The van der Waals surface area contributed by atoms with Crippen LogP contribution in [0.1, 0.15) is 42.4 Å². The number of nitrogens with zero attached hydrogens (tertiary/aromatic N) is 2. The molecule has 2 fully saturated rings. The Labute approximate surface area is 211 Å². The van der Waals surface area contributed by atoms with Crippen molar-refractivity contribution in [2.75, 3.05) is 39.3 Å². The molecule has 0 radical (unpaired) electrons. The Morgan fingerprint density at radius 3 is 2.43 bits per heavy atom. The number of rotatable bonds is 6. The molecule has 2 heterocycles. The van der Waals surface area contributed by atoms with Gasteiger partial charge in [-0.25, -0.2) is 8.78 Å². The highest BCUT2D eigenvalue weighted by molar-refractivity contribution is 6.30. The van der Waals surface area contributed by atoms with Gasteiger partial charge >= 0.3 is 0 Å². The van der Waals surface area contributed by atoms with E-state index in [1.54, 1.807) is 6.08 Å². The number of β-amino-alcohol motifs (C(OH)–C–C–N with tert-alkyl or cyclic N) is 1. The Bertz CT molecular complexity index is 1080. The van der Waals surface area contributed by atoms with E-state index in [0.29, 0.717) is 11.5 Å². The molecular formula is C29H33ClF2N2O. The number of hydrogen-bond donors (Lipinski definition) is 1. The first-order chi connectivity index (χ1) is 16.9. The van der Waals surface area contributed by atoms with Crippen LogP contribution in [0, 0.1) is 17.6 Å². The van der Waals surface area contributed by atoms with Crippen LogP contribution in [-0.4, -0.2) is 60.3 Å². The molecule has 0 bridgehead atoms. The second-order valence-electron chi connectivity index (χ2n) is 10.3. The normalized spacial score (nSPS) is 21.7. The average molecular weight is 499 g/mol. The van der Waals surface area contributed by atoms with Crippen LogP contribution in [0.15, 0.2) is 48.6 Å². The Kier molecular flexibility index (Phi) is 7.40. The van der Waals surface area contributed by atoms with Gasteiger partial charge in [0, 0.05) is 29.6 Å². The van der Waals surface area contributed by atoms with E-state index >= 15 is 0 Å². The number of likely N-dealkylation sites (tertiary alicyclic amines) is 2. The molecule has 1 spiro atoms. The highest BCUT2D eigenvalue weighted by Crippen LogP contribution is 2.44. The lowest BCUT2D eigenvalue weighted by Crippen LogP contribution is -2.47. The molecule has 35 heavy (non-hydrogen) atoms. The smallest absolute Gasteiger partial charge is 0.126 e. The second-order valence-corrected chi connectivity index (χ2v) is 10.8. The van der Waals surface area contributed by atoms with Gasteiger partial charge in [0.15, 0.2) is 0 Å². The molecule has 0 aromatic heterocycles. The zero-order valence-corrected chi connectivity index (χ0v) is 20.7. The maximum atomic E-state index is 13.3. The van der Waals surface area contributed by atoms with E-state index in [1.165, 1.54) is 23.3 Å². The zero-order valence-electron chi connectivity index (χ0n) is 20.0. The van der Waals surface area contributed by atoms with Crippen molar-refractivity contribution in [2.24, 2.45) is 5.92 Å². The maximum absolute atomic E-state index is 13.3. The molecule has 5 rings (SSSR count). The summed E-state index contributed by atoms with van der Waals surface area (Å²) in [7, 11) is 0. The summed E-state index contributed by atoms with van der Waals surface area (Å²) in [6, 6.07) is 9.79. The third-order valence-electron chi connectivity index (χ3n) is 8.06. The summed E-state index contributed by atoms with van der Waals surface area (Å²) in [4.78, 5) is 4.75. The highest BCUT2D eigenvalue weighted by Gasteiger charge is 2.38. The summed E-state index contributed by atoms with van der Waals surface area (Å²) in [5, 5.41) is 11.7. The number of aliphatic hydroxyl groups is 1. The van der Waals surface area contributed by atoms with Crippen molar-refractivity contribution in [2.45, 2.75) is 37.2 Å². The molecule has 2 aliphatic heterocycles. The maximum Gasteiger partial charge on any atom is 0.126 e. The van der Waals surface area contributed by atoms with E-state index in [9.17, 15) is 13.9 Å². The molecular weight excluding hydrogens is 466 g/mol. The number of aliphatic hydroxyl groups excluding tert-OH is 1. The minimum Gasteiger partial charge on any atom is -0.392 e.